The molecule has 2 aromatic rings. The van der Waals surface area contributed by atoms with Crippen LogP contribution in [0.15, 0.2) is 48.5 Å². The Kier molecular flexibility index (Phi) is 4.94. The Hall–Kier alpha value is -2.80. The molecule has 2 aromatic carbocycles. The second kappa shape index (κ2) is 7.11. The Morgan fingerprint density at radius 1 is 1.10 bits per heavy atom. The minimum atomic E-state index is -0.381. The van der Waals surface area contributed by atoms with Crippen LogP contribution < -0.4 is 4.74 Å². The lowest BCUT2D eigenvalue weighted by molar-refractivity contribution is 0.0509. The second-order valence-corrected chi connectivity index (χ2v) is 4.42. The molecule has 0 spiro atoms. The van der Waals surface area contributed by atoms with E-state index in [1.807, 2.05) is 30.3 Å². The van der Waals surface area contributed by atoms with E-state index in [1.165, 1.54) is 0 Å². The predicted octanol–water partition coefficient (Wildman–Crippen LogP) is 2.97. The monoisotopic (exact) mass is 281 g/mol. The molecule has 0 saturated heterocycles. The molecule has 21 heavy (non-hydrogen) atoms. The number of carbonyl (C=O) groups is 1. The van der Waals surface area contributed by atoms with Gasteiger partial charge in [0, 0.05) is 6.42 Å². The first kappa shape index (κ1) is 14.6. The van der Waals surface area contributed by atoms with Crippen LogP contribution in [-0.4, -0.2) is 19.7 Å². The van der Waals surface area contributed by atoms with Crippen molar-refractivity contribution in [2.75, 3.05) is 13.7 Å². The molecule has 2 rings (SSSR count). The fourth-order valence-electron chi connectivity index (χ4n) is 1.82. The first-order valence-electron chi connectivity index (χ1n) is 6.53. The van der Waals surface area contributed by atoms with E-state index in [1.54, 1.807) is 31.4 Å². The van der Waals surface area contributed by atoms with Crippen LogP contribution >= 0.6 is 0 Å². The fourth-order valence-corrected chi connectivity index (χ4v) is 1.82. The van der Waals surface area contributed by atoms with Gasteiger partial charge in [0.1, 0.15) is 5.75 Å². The summed E-state index contributed by atoms with van der Waals surface area (Å²) in [6.45, 7) is 0.311. The number of esters is 1. The first-order valence-corrected chi connectivity index (χ1v) is 6.53. The largest absolute Gasteiger partial charge is 0.497 e. The van der Waals surface area contributed by atoms with Crippen molar-refractivity contribution in [2.24, 2.45) is 0 Å². The van der Waals surface area contributed by atoms with Gasteiger partial charge in [0.2, 0.25) is 0 Å². The zero-order valence-corrected chi connectivity index (χ0v) is 11.7. The van der Waals surface area contributed by atoms with Gasteiger partial charge >= 0.3 is 5.97 Å². The molecule has 0 aliphatic carbocycles. The van der Waals surface area contributed by atoms with Crippen molar-refractivity contribution in [1.82, 2.24) is 0 Å². The molecule has 0 heterocycles. The third-order valence-corrected chi connectivity index (χ3v) is 3.03. The molecule has 0 aliphatic heterocycles. The average molecular weight is 281 g/mol. The van der Waals surface area contributed by atoms with Crippen molar-refractivity contribution in [2.45, 2.75) is 6.42 Å². The summed E-state index contributed by atoms with van der Waals surface area (Å²) in [5, 5.41) is 8.70. The van der Waals surface area contributed by atoms with E-state index >= 15 is 0 Å². The summed E-state index contributed by atoms with van der Waals surface area (Å²) in [4.78, 5) is 11.8. The number of carbonyl (C=O) groups excluding carboxylic acids is 1. The highest BCUT2D eigenvalue weighted by Crippen LogP contribution is 2.12. The summed E-state index contributed by atoms with van der Waals surface area (Å²) in [7, 11) is 1.62. The van der Waals surface area contributed by atoms with Gasteiger partial charge in [0.15, 0.2) is 0 Å². The summed E-state index contributed by atoms with van der Waals surface area (Å²) in [6.07, 6.45) is 0.645. The Morgan fingerprint density at radius 3 is 2.33 bits per heavy atom. The highest BCUT2D eigenvalue weighted by atomic mass is 16.5. The maximum absolute atomic E-state index is 11.8. The van der Waals surface area contributed by atoms with Crippen LogP contribution in [0.2, 0.25) is 0 Å². The van der Waals surface area contributed by atoms with E-state index in [0.717, 1.165) is 11.3 Å². The molecule has 4 heteroatoms. The summed E-state index contributed by atoms with van der Waals surface area (Å²) in [5.41, 5.74) is 2.04. The molecule has 0 amide bonds. The first-order chi connectivity index (χ1) is 10.2. The maximum Gasteiger partial charge on any atom is 0.338 e. The van der Waals surface area contributed by atoms with Crippen LogP contribution in [0.25, 0.3) is 0 Å². The van der Waals surface area contributed by atoms with Crippen molar-refractivity contribution in [1.29, 1.82) is 5.26 Å². The summed E-state index contributed by atoms with van der Waals surface area (Å²) < 4.78 is 10.3. The van der Waals surface area contributed by atoms with E-state index in [9.17, 15) is 4.79 Å². The van der Waals surface area contributed by atoms with Gasteiger partial charge in [-0.15, -0.1) is 0 Å². The zero-order chi connectivity index (χ0) is 15.1. The van der Waals surface area contributed by atoms with E-state index in [-0.39, 0.29) is 5.97 Å². The molecule has 4 nitrogen and oxygen atoms in total. The highest BCUT2D eigenvalue weighted by Gasteiger charge is 2.06. The Balaban J connectivity index is 1.84. The Labute approximate surface area is 123 Å². The van der Waals surface area contributed by atoms with E-state index in [2.05, 4.69) is 0 Å². The summed E-state index contributed by atoms with van der Waals surface area (Å²) in [6, 6.07) is 16.0. The van der Waals surface area contributed by atoms with Crippen LogP contribution in [0, 0.1) is 11.3 Å². The van der Waals surface area contributed by atoms with Crippen molar-refractivity contribution in [3.8, 4) is 11.8 Å². The van der Waals surface area contributed by atoms with Gasteiger partial charge < -0.3 is 9.47 Å². The molecular formula is C17H15NO3. The average Bonchev–Trinajstić information content (AvgIpc) is 2.55. The molecule has 0 saturated carbocycles. The van der Waals surface area contributed by atoms with Crippen LogP contribution in [0.1, 0.15) is 21.5 Å². The predicted molar refractivity (Wildman–Crippen MR) is 78.1 cm³/mol. The zero-order valence-electron chi connectivity index (χ0n) is 11.7. The van der Waals surface area contributed by atoms with E-state index < -0.39 is 0 Å². The van der Waals surface area contributed by atoms with Crippen molar-refractivity contribution in [3.63, 3.8) is 0 Å². The van der Waals surface area contributed by atoms with Crippen LogP contribution in [0.4, 0.5) is 0 Å². The number of hydrogen-bond acceptors (Lipinski definition) is 4. The number of ether oxygens (including phenoxy) is 2. The number of nitriles is 1. The third kappa shape index (κ3) is 4.08. The van der Waals surface area contributed by atoms with Crippen molar-refractivity contribution in [3.05, 3.63) is 65.2 Å². The normalized spacial score (nSPS) is 9.71. The van der Waals surface area contributed by atoms with Crippen LogP contribution in [0.3, 0.4) is 0 Å². The fraction of sp³-hybridized carbons (Fsp3) is 0.176. The quantitative estimate of drug-likeness (QED) is 0.790. The smallest absolute Gasteiger partial charge is 0.338 e. The molecule has 0 atom stereocenters. The molecule has 0 N–H and O–H groups in total. The van der Waals surface area contributed by atoms with Gasteiger partial charge in [0.05, 0.1) is 30.9 Å². The van der Waals surface area contributed by atoms with Crippen molar-refractivity contribution >= 4 is 5.97 Å². The minimum Gasteiger partial charge on any atom is -0.497 e. The molecule has 0 bridgehead atoms. The topological polar surface area (TPSA) is 59.3 Å². The lowest BCUT2D eigenvalue weighted by Gasteiger charge is -2.06. The lowest BCUT2D eigenvalue weighted by Crippen LogP contribution is -2.08. The molecule has 0 aliphatic rings. The standard InChI is InChI=1S/C17H15NO3/c1-20-16-8-4-13(5-9-16)10-11-21-17(19)15-6-2-14(12-18)3-7-15/h2-9H,10-11H2,1H3. The van der Waals surface area contributed by atoms with Gasteiger partial charge in [-0.25, -0.2) is 4.79 Å². The highest BCUT2D eigenvalue weighted by molar-refractivity contribution is 5.89. The van der Waals surface area contributed by atoms with Gasteiger partial charge in [-0.3, -0.25) is 0 Å². The van der Waals surface area contributed by atoms with Gasteiger partial charge in [-0.1, -0.05) is 12.1 Å². The number of methoxy groups -OCH3 is 1. The SMILES string of the molecule is COc1ccc(CCOC(=O)c2ccc(C#N)cc2)cc1. The summed E-state index contributed by atoms with van der Waals surface area (Å²) >= 11 is 0. The maximum atomic E-state index is 11.8. The minimum absolute atomic E-state index is 0.311. The number of rotatable bonds is 5. The molecule has 0 fully saturated rings. The second-order valence-electron chi connectivity index (χ2n) is 4.42. The molecular weight excluding hydrogens is 266 g/mol. The third-order valence-electron chi connectivity index (χ3n) is 3.03. The van der Waals surface area contributed by atoms with Gasteiger partial charge in [-0.05, 0) is 42.0 Å². The van der Waals surface area contributed by atoms with Crippen LogP contribution in [0.5, 0.6) is 5.75 Å². The molecule has 106 valence electrons. The lowest BCUT2D eigenvalue weighted by atomic mass is 10.1. The Morgan fingerprint density at radius 2 is 1.76 bits per heavy atom. The van der Waals surface area contributed by atoms with Gasteiger partial charge in [0.25, 0.3) is 0 Å². The Bertz CT molecular complexity index is 639. The molecule has 0 unspecified atom stereocenters. The van der Waals surface area contributed by atoms with Gasteiger partial charge in [-0.2, -0.15) is 5.26 Å². The molecule has 0 radical (unpaired) electrons. The van der Waals surface area contributed by atoms with E-state index in [4.69, 9.17) is 14.7 Å². The number of nitrogens with zero attached hydrogens (tertiary/aromatic N) is 1. The number of hydrogen-bond donors (Lipinski definition) is 0. The summed E-state index contributed by atoms with van der Waals surface area (Å²) in [5.74, 6) is 0.418. The van der Waals surface area contributed by atoms with Crippen molar-refractivity contribution < 1.29 is 14.3 Å². The van der Waals surface area contributed by atoms with Crippen LogP contribution in [-0.2, 0) is 11.2 Å². The number of benzene rings is 2. The van der Waals surface area contributed by atoms with E-state index in [0.29, 0.717) is 24.2 Å². The molecule has 0 aromatic heterocycles.